The van der Waals surface area contributed by atoms with E-state index in [1.807, 2.05) is 38.2 Å². The first kappa shape index (κ1) is 22.7. The molecule has 2 heterocycles. The quantitative estimate of drug-likeness (QED) is 0.217. The number of hydrogen-bond acceptors (Lipinski definition) is 4. The molecule has 2 aliphatic rings. The van der Waals surface area contributed by atoms with E-state index >= 15 is 0 Å². The van der Waals surface area contributed by atoms with Crippen molar-refractivity contribution >= 4 is 11.9 Å². The molecule has 1 fully saturated rings. The average Bonchev–Trinajstić information content (AvgIpc) is 3.20. The highest BCUT2D eigenvalue weighted by Crippen LogP contribution is 2.23. The van der Waals surface area contributed by atoms with Gasteiger partial charge in [0.1, 0.15) is 12.7 Å². The minimum atomic E-state index is -0.265. The van der Waals surface area contributed by atoms with Crippen LogP contribution in [0, 0.1) is 0 Å². The van der Waals surface area contributed by atoms with Crippen LogP contribution in [-0.2, 0) is 19.1 Å². The van der Waals surface area contributed by atoms with Crippen LogP contribution in [0.4, 0.5) is 0 Å². The fourth-order valence-corrected chi connectivity index (χ4v) is 3.21. The Morgan fingerprint density at radius 1 is 1.10 bits per heavy atom. The Balaban J connectivity index is 1.70. The maximum absolute atomic E-state index is 11.9. The molecule has 0 aromatic rings. The number of carbonyl (C=O) groups is 2. The highest BCUT2D eigenvalue weighted by atomic mass is 16.5. The molecule has 29 heavy (non-hydrogen) atoms. The molecular weight excluding hydrogens is 364 g/mol. The summed E-state index contributed by atoms with van der Waals surface area (Å²) in [4.78, 5) is 22.9. The van der Waals surface area contributed by atoms with E-state index in [9.17, 15) is 9.59 Å². The molecule has 1 atom stereocenters. The first-order valence-corrected chi connectivity index (χ1v) is 10.3. The summed E-state index contributed by atoms with van der Waals surface area (Å²) < 4.78 is 10.2. The van der Waals surface area contributed by atoms with Gasteiger partial charge in [-0.2, -0.15) is 0 Å². The molecule has 2 rings (SSSR count). The number of rotatable bonds is 9. The Morgan fingerprint density at radius 3 is 2.55 bits per heavy atom. The molecule has 0 aromatic heterocycles. The van der Waals surface area contributed by atoms with Gasteiger partial charge in [0, 0.05) is 18.1 Å². The van der Waals surface area contributed by atoms with Crippen LogP contribution >= 0.6 is 0 Å². The predicted octanol–water partition coefficient (Wildman–Crippen LogP) is 5.69. The summed E-state index contributed by atoms with van der Waals surface area (Å²) >= 11 is 0. The molecule has 0 radical (unpaired) electrons. The lowest BCUT2D eigenvalue weighted by Crippen LogP contribution is -2.02. The van der Waals surface area contributed by atoms with Crippen LogP contribution in [0.5, 0.6) is 0 Å². The molecule has 0 N–H and O–H groups in total. The lowest BCUT2D eigenvalue weighted by molar-refractivity contribution is -0.137. The van der Waals surface area contributed by atoms with Crippen LogP contribution in [0.15, 0.2) is 70.4 Å². The van der Waals surface area contributed by atoms with Crippen LogP contribution < -0.4 is 0 Å². The van der Waals surface area contributed by atoms with E-state index in [1.54, 1.807) is 0 Å². The first-order chi connectivity index (χ1) is 13.8. The van der Waals surface area contributed by atoms with E-state index in [0.717, 1.165) is 36.8 Å². The Labute approximate surface area is 174 Å². The van der Waals surface area contributed by atoms with E-state index in [2.05, 4.69) is 26.0 Å². The average molecular weight is 397 g/mol. The summed E-state index contributed by atoms with van der Waals surface area (Å²) in [6, 6.07) is 0. The number of hydrogen-bond donors (Lipinski definition) is 0. The molecule has 1 unspecified atom stereocenters. The summed E-state index contributed by atoms with van der Waals surface area (Å²) in [5, 5.41) is 0. The van der Waals surface area contributed by atoms with Gasteiger partial charge in [0.25, 0.3) is 0 Å². The van der Waals surface area contributed by atoms with Crippen molar-refractivity contribution in [3.63, 3.8) is 0 Å². The van der Waals surface area contributed by atoms with Gasteiger partial charge in [-0.05, 0) is 65.0 Å². The summed E-state index contributed by atoms with van der Waals surface area (Å²) in [6.45, 7) is 8.65. The van der Waals surface area contributed by atoms with Gasteiger partial charge in [-0.3, -0.25) is 0 Å². The number of carbonyl (C=O) groups excluding carboxylic acids is 2. The van der Waals surface area contributed by atoms with Gasteiger partial charge in [0.05, 0.1) is 0 Å². The van der Waals surface area contributed by atoms with Crippen molar-refractivity contribution in [2.75, 3.05) is 6.61 Å². The van der Waals surface area contributed by atoms with Gasteiger partial charge in [0.2, 0.25) is 0 Å². The molecule has 2 aliphatic heterocycles. The zero-order valence-electron chi connectivity index (χ0n) is 18.0. The van der Waals surface area contributed by atoms with Crippen molar-refractivity contribution in [3.8, 4) is 0 Å². The van der Waals surface area contributed by atoms with Gasteiger partial charge < -0.3 is 9.47 Å². The maximum atomic E-state index is 11.9. The van der Waals surface area contributed by atoms with Crippen molar-refractivity contribution in [1.82, 2.24) is 0 Å². The highest BCUT2D eigenvalue weighted by molar-refractivity contribution is 5.90. The normalized spacial score (nSPS) is 21.6. The zero-order valence-corrected chi connectivity index (χ0v) is 18.0. The van der Waals surface area contributed by atoms with Crippen molar-refractivity contribution in [2.45, 2.75) is 65.9 Å². The van der Waals surface area contributed by atoms with Gasteiger partial charge in [0.15, 0.2) is 0 Å². The van der Waals surface area contributed by atoms with Crippen LogP contribution in [-0.4, -0.2) is 24.6 Å². The van der Waals surface area contributed by atoms with E-state index in [0.29, 0.717) is 13.0 Å². The minimum absolute atomic E-state index is 0.0998. The van der Waals surface area contributed by atoms with Crippen LogP contribution in [0.2, 0.25) is 0 Å². The molecule has 0 saturated carbocycles. The molecule has 0 aliphatic carbocycles. The fourth-order valence-electron chi connectivity index (χ4n) is 3.21. The SMILES string of the molecule is CC(C)=CC1C/C(=C/CC/C(C)=C/CC/C(C)=C/C=C/C2=CC(=O)OC2)C(=O)O1. The molecule has 0 amide bonds. The lowest BCUT2D eigenvalue weighted by Gasteiger charge is -2.01. The molecule has 0 spiro atoms. The van der Waals surface area contributed by atoms with E-state index in [-0.39, 0.29) is 18.0 Å². The third kappa shape index (κ3) is 8.51. The molecule has 4 heteroatoms. The third-order valence-corrected chi connectivity index (χ3v) is 4.80. The second-order valence-electron chi connectivity index (χ2n) is 7.95. The second-order valence-corrected chi connectivity index (χ2v) is 7.95. The summed E-state index contributed by atoms with van der Waals surface area (Å²) in [7, 11) is 0. The largest absolute Gasteiger partial charge is 0.458 e. The molecule has 1 saturated heterocycles. The Hall–Kier alpha value is -2.62. The van der Waals surface area contributed by atoms with Gasteiger partial charge >= 0.3 is 11.9 Å². The van der Waals surface area contributed by atoms with Gasteiger partial charge in [-0.25, -0.2) is 9.59 Å². The summed E-state index contributed by atoms with van der Waals surface area (Å²) in [6.07, 6.45) is 18.2. The van der Waals surface area contributed by atoms with Crippen molar-refractivity contribution in [3.05, 3.63) is 70.4 Å². The van der Waals surface area contributed by atoms with Crippen LogP contribution in [0.1, 0.15) is 59.8 Å². The number of esters is 2. The predicted molar refractivity (Wildman–Crippen MR) is 116 cm³/mol. The third-order valence-electron chi connectivity index (χ3n) is 4.80. The second kappa shape index (κ2) is 11.4. The summed E-state index contributed by atoms with van der Waals surface area (Å²) in [5.41, 5.74) is 5.50. The monoisotopic (exact) mass is 396 g/mol. The Kier molecular flexibility index (Phi) is 8.91. The highest BCUT2D eigenvalue weighted by Gasteiger charge is 2.26. The number of ether oxygens (including phenoxy) is 2. The molecule has 0 aromatic carbocycles. The van der Waals surface area contributed by atoms with Gasteiger partial charge in [-0.15, -0.1) is 0 Å². The Morgan fingerprint density at radius 2 is 1.86 bits per heavy atom. The standard InChI is InChI=1S/C25H32O4/c1-18(2)14-23-16-22(25(27)29-23)13-7-11-20(4)9-5-8-19(3)10-6-12-21-15-24(26)28-17-21/h6,9-10,12-15,23H,5,7-8,11,16-17H2,1-4H3/b12-6+,19-10+,20-9+,22-13-. The minimum Gasteiger partial charge on any atom is -0.458 e. The van der Waals surface area contributed by atoms with E-state index in [1.165, 1.54) is 22.8 Å². The maximum Gasteiger partial charge on any atom is 0.334 e. The number of allylic oxidation sites excluding steroid dienone is 7. The molecule has 156 valence electrons. The van der Waals surface area contributed by atoms with Crippen molar-refractivity contribution in [2.24, 2.45) is 0 Å². The van der Waals surface area contributed by atoms with E-state index in [4.69, 9.17) is 9.47 Å². The fraction of sp³-hybridized carbons (Fsp3) is 0.440. The number of cyclic esters (lactones) is 2. The van der Waals surface area contributed by atoms with Gasteiger partial charge in [-0.1, -0.05) is 47.1 Å². The van der Waals surface area contributed by atoms with Crippen LogP contribution in [0.25, 0.3) is 0 Å². The topological polar surface area (TPSA) is 52.6 Å². The Bertz CT molecular complexity index is 799. The van der Waals surface area contributed by atoms with Crippen molar-refractivity contribution < 1.29 is 19.1 Å². The van der Waals surface area contributed by atoms with E-state index < -0.39 is 0 Å². The molecule has 4 nitrogen and oxygen atoms in total. The van der Waals surface area contributed by atoms with Crippen molar-refractivity contribution in [1.29, 1.82) is 0 Å². The summed E-state index contributed by atoms with van der Waals surface area (Å²) in [5.74, 6) is -0.439. The smallest absolute Gasteiger partial charge is 0.334 e. The first-order valence-electron chi connectivity index (χ1n) is 10.3. The van der Waals surface area contributed by atoms with Crippen LogP contribution in [0.3, 0.4) is 0 Å². The molecular formula is C25H32O4. The molecule has 0 bridgehead atoms. The zero-order chi connectivity index (χ0) is 21.2. The lowest BCUT2D eigenvalue weighted by atomic mass is 10.0.